The van der Waals surface area contributed by atoms with E-state index in [0.29, 0.717) is 12.3 Å². The van der Waals surface area contributed by atoms with E-state index in [1.54, 1.807) is 0 Å². The lowest BCUT2D eigenvalue weighted by Gasteiger charge is -2.33. The normalized spacial score (nSPS) is 25.8. The molecule has 0 radical (unpaired) electrons. The molecule has 0 aromatic heterocycles. The maximum Gasteiger partial charge on any atom is 0.260 e. The number of rotatable bonds is 3. The predicted octanol–water partition coefficient (Wildman–Crippen LogP) is 2.76. The minimum atomic E-state index is -2.44. The lowest BCUT2D eigenvalue weighted by molar-refractivity contribution is -0.0665. The second-order valence-corrected chi connectivity index (χ2v) is 4.21. The quantitative estimate of drug-likeness (QED) is 0.663. The van der Waals surface area contributed by atoms with Gasteiger partial charge in [0.2, 0.25) is 0 Å². The van der Waals surface area contributed by atoms with Gasteiger partial charge >= 0.3 is 0 Å². The first-order valence-electron chi connectivity index (χ1n) is 5.13. The average Bonchev–Trinajstić information content (AvgIpc) is 2.02. The van der Waals surface area contributed by atoms with Crippen molar-refractivity contribution in [2.75, 3.05) is 19.6 Å². The van der Waals surface area contributed by atoms with Crippen LogP contribution in [0.1, 0.15) is 33.1 Å². The van der Waals surface area contributed by atoms with Crippen molar-refractivity contribution in [3.8, 4) is 0 Å². The Bertz CT molecular complexity index is 159. The van der Waals surface area contributed by atoms with Crippen molar-refractivity contribution >= 4 is 0 Å². The molecule has 1 nitrogen and oxygen atoms in total. The second kappa shape index (κ2) is 4.36. The van der Waals surface area contributed by atoms with Gasteiger partial charge in [-0.3, -0.25) is 4.90 Å². The highest BCUT2D eigenvalue weighted by atomic mass is 19.3. The topological polar surface area (TPSA) is 3.24 Å². The number of likely N-dealkylation sites (tertiary alicyclic amines) is 1. The lowest BCUT2D eigenvalue weighted by atomic mass is 10.0. The summed E-state index contributed by atoms with van der Waals surface area (Å²) in [5.41, 5.74) is 0. The summed E-state index contributed by atoms with van der Waals surface area (Å²) in [6, 6.07) is 0. The smallest absolute Gasteiger partial charge is 0.260 e. The summed E-state index contributed by atoms with van der Waals surface area (Å²) in [5, 5.41) is 0. The molecular formula is C10H19F2N. The molecule has 1 aliphatic rings. The SMILES string of the molecule is CCC(C)CN1CCCC(F)(F)C1. The molecule has 1 aliphatic heterocycles. The fourth-order valence-corrected chi connectivity index (χ4v) is 1.77. The predicted molar refractivity (Wildman–Crippen MR) is 50.1 cm³/mol. The minimum absolute atomic E-state index is 0.0304. The van der Waals surface area contributed by atoms with Crippen LogP contribution in [-0.4, -0.2) is 30.5 Å². The number of hydrogen-bond donors (Lipinski definition) is 0. The van der Waals surface area contributed by atoms with E-state index >= 15 is 0 Å². The Kier molecular flexibility index (Phi) is 3.65. The molecule has 3 heteroatoms. The summed E-state index contributed by atoms with van der Waals surface area (Å²) in [6.07, 6.45) is 1.79. The first-order chi connectivity index (χ1) is 6.03. The average molecular weight is 191 g/mol. The Labute approximate surface area is 79.1 Å². The molecule has 1 rings (SSSR count). The molecule has 1 unspecified atom stereocenters. The molecular weight excluding hydrogens is 172 g/mol. The van der Waals surface area contributed by atoms with Gasteiger partial charge in [-0.25, -0.2) is 8.78 Å². The molecule has 0 N–H and O–H groups in total. The zero-order chi connectivity index (χ0) is 9.90. The van der Waals surface area contributed by atoms with Gasteiger partial charge < -0.3 is 0 Å². The monoisotopic (exact) mass is 191 g/mol. The van der Waals surface area contributed by atoms with Gasteiger partial charge in [-0.15, -0.1) is 0 Å². The molecule has 0 amide bonds. The number of piperidine rings is 1. The summed E-state index contributed by atoms with van der Waals surface area (Å²) >= 11 is 0. The van der Waals surface area contributed by atoms with Crippen LogP contribution in [0.3, 0.4) is 0 Å². The molecule has 0 aromatic carbocycles. The van der Waals surface area contributed by atoms with Gasteiger partial charge in [-0.1, -0.05) is 20.3 Å². The Hall–Kier alpha value is -0.180. The Morgan fingerprint density at radius 3 is 2.69 bits per heavy atom. The Balaban J connectivity index is 2.34. The van der Waals surface area contributed by atoms with Gasteiger partial charge in [0.15, 0.2) is 0 Å². The van der Waals surface area contributed by atoms with E-state index < -0.39 is 5.92 Å². The zero-order valence-electron chi connectivity index (χ0n) is 8.52. The first-order valence-corrected chi connectivity index (χ1v) is 5.13. The van der Waals surface area contributed by atoms with Gasteiger partial charge in [-0.2, -0.15) is 0 Å². The van der Waals surface area contributed by atoms with E-state index in [2.05, 4.69) is 13.8 Å². The highest BCUT2D eigenvalue weighted by Gasteiger charge is 2.35. The molecule has 1 atom stereocenters. The van der Waals surface area contributed by atoms with Crippen LogP contribution in [0, 0.1) is 5.92 Å². The van der Waals surface area contributed by atoms with Crippen LogP contribution in [0.5, 0.6) is 0 Å². The van der Waals surface area contributed by atoms with Gasteiger partial charge in [0, 0.05) is 13.0 Å². The van der Waals surface area contributed by atoms with E-state index in [4.69, 9.17) is 0 Å². The standard InChI is InChI=1S/C10H19F2N/c1-3-9(2)7-13-6-4-5-10(11,12)8-13/h9H,3-8H2,1-2H3. The molecule has 0 saturated carbocycles. The van der Waals surface area contributed by atoms with E-state index in [0.717, 1.165) is 19.5 Å². The summed E-state index contributed by atoms with van der Waals surface area (Å²) in [6.45, 7) is 5.86. The van der Waals surface area contributed by atoms with Crippen molar-refractivity contribution in [1.82, 2.24) is 4.90 Å². The third-order valence-corrected chi connectivity index (χ3v) is 2.74. The van der Waals surface area contributed by atoms with E-state index in [9.17, 15) is 8.78 Å². The van der Waals surface area contributed by atoms with Crippen molar-refractivity contribution in [3.63, 3.8) is 0 Å². The Morgan fingerprint density at radius 1 is 1.46 bits per heavy atom. The van der Waals surface area contributed by atoms with Gasteiger partial charge in [-0.05, 0) is 18.9 Å². The molecule has 0 bridgehead atoms. The fraction of sp³-hybridized carbons (Fsp3) is 1.00. The molecule has 1 fully saturated rings. The third-order valence-electron chi connectivity index (χ3n) is 2.74. The molecule has 13 heavy (non-hydrogen) atoms. The summed E-state index contributed by atoms with van der Waals surface area (Å²) < 4.78 is 25.9. The van der Waals surface area contributed by atoms with Crippen molar-refractivity contribution < 1.29 is 8.78 Å². The zero-order valence-corrected chi connectivity index (χ0v) is 8.52. The van der Waals surface area contributed by atoms with Crippen molar-refractivity contribution in [3.05, 3.63) is 0 Å². The van der Waals surface area contributed by atoms with Crippen molar-refractivity contribution in [1.29, 1.82) is 0 Å². The van der Waals surface area contributed by atoms with Gasteiger partial charge in [0.25, 0.3) is 5.92 Å². The minimum Gasteiger partial charge on any atom is -0.297 e. The van der Waals surface area contributed by atoms with Crippen molar-refractivity contribution in [2.45, 2.75) is 39.0 Å². The molecule has 0 aromatic rings. The number of alkyl halides is 2. The van der Waals surface area contributed by atoms with E-state index in [-0.39, 0.29) is 13.0 Å². The summed E-state index contributed by atoms with van der Waals surface area (Å²) in [5.74, 6) is -1.90. The third kappa shape index (κ3) is 3.59. The number of halogens is 2. The molecule has 1 saturated heterocycles. The molecule has 78 valence electrons. The maximum absolute atomic E-state index is 13.0. The number of hydrogen-bond acceptors (Lipinski definition) is 1. The fourth-order valence-electron chi connectivity index (χ4n) is 1.77. The largest absolute Gasteiger partial charge is 0.297 e. The van der Waals surface area contributed by atoms with Crippen LogP contribution in [0.2, 0.25) is 0 Å². The number of nitrogens with zero attached hydrogens (tertiary/aromatic N) is 1. The van der Waals surface area contributed by atoms with Crippen LogP contribution in [0.15, 0.2) is 0 Å². The lowest BCUT2D eigenvalue weighted by Crippen LogP contribution is -2.44. The van der Waals surface area contributed by atoms with E-state index in [1.807, 2.05) is 4.90 Å². The molecule has 1 heterocycles. The van der Waals surface area contributed by atoms with Crippen molar-refractivity contribution in [2.24, 2.45) is 5.92 Å². The summed E-state index contributed by atoms with van der Waals surface area (Å²) in [4.78, 5) is 1.90. The first kappa shape index (κ1) is 10.9. The molecule has 0 aliphatic carbocycles. The van der Waals surface area contributed by atoms with Crippen LogP contribution in [0.4, 0.5) is 8.78 Å². The van der Waals surface area contributed by atoms with Crippen LogP contribution in [-0.2, 0) is 0 Å². The highest BCUT2D eigenvalue weighted by Crippen LogP contribution is 2.26. The molecule has 0 spiro atoms. The Morgan fingerprint density at radius 2 is 2.15 bits per heavy atom. The maximum atomic E-state index is 13.0. The second-order valence-electron chi connectivity index (χ2n) is 4.21. The highest BCUT2D eigenvalue weighted by molar-refractivity contribution is 4.79. The van der Waals surface area contributed by atoms with Crippen LogP contribution in [0.25, 0.3) is 0 Å². The van der Waals surface area contributed by atoms with E-state index in [1.165, 1.54) is 0 Å². The summed E-state index contributed by atoms with van der Waals surface area (Å²) in [7, 11) is 0. The van der Waals surface area contributed by atoms with Crippen LogP contribution >= 0.6 is 0 Å². The van der Waals surface area contributed by atoms with Gasteiger partial charge in [0.1, 0.15) is 0 Å². The van der Waals surface area contributed by atoms with Gasteiger partial charge in [0.05, 0.1) is 6.54 Å². The van der Waals surface area contributed by atoms with Crippen LogP contribution < -0.4 is 0 Å².